The van der Waals surface area contributed by atoms with E-state index in [4.69, 9.17) is 5.73 Å². The Labute approximate surface area is 181 Å². The number of carbonyl (C=O) groups is 1. The molecule has 0 saturated carbocycles. The van der Waals surface area contributed by atoms with Crippen LogP contribution in [0.15, 0.2) is 42.7 Å². The monoisotopic (exact) mass is 446 g/mol. The third-order valence-electron chi connectivity index (χ3n) is 5.39. The van der Waals surface area contributed by atoms with Gasteiger partial charge in [-0.2, -0.15) is 18.3 Å². The average molecular weight is 446 g/mol. The smallest absolute Gasteiger partial charge is 0.383 e. The van der Waals surface area contributed by atoms with Crippen LogP contribution in [0, 0.1) is 6.92 Å². The predicted molar refractivity (Wildman–Crippen MR) is 112 cm³/mol. The number of aromatic nitrogens is 3. The van der Waals surface area contributed by atoms with Gasteiger partial charge in [0.1, 0.15) is 11.5 Å². The Morgan fingerprint density at radius 3 is 2.72 bits per heavy atom. The summed E-state index contributed by atoms with van der Waals surface area (Å²) in [6.07, 6.45) is -2.81. The van der Waals surface area contributed by atoms with Gasteiger partial charge in [-0.15, -0.1) is 0 Å². The molecule has 0 bridgehead atoms. The fraction of sp³-hybridized carbons (Fsp3) is 0.286. The summed E-state index contributed by atoms with van der Waals surface area (Å²) in [6.45, 7) is 3.43. The van der Waals surface area contributed by atoms with Crippen molar-refractivity contribution in [3.05, 3.63) is 65.1 Å². The maximum Gasteiger partial charge on any atom is 0.416 e. The quantitative estimate of drug-likeness (QED) is 0.529. The fourth-order valence-electron chi connectivity index (χ4n) is 3.81. The number of alkyl halides is 3. The molecular weight excluding hydrogens is 425 g/mol. The highest BCUT2D eigenvalue weighted by Crippen LogP contribution is 2.36. The molecule has 32 heavy (non-hydrogen) atoms. The zero-order valence-corrected chi connectivity index (χ0v) is 17.3. The van der Waals surface area contributed by atoms with Gasteiger partial charge in [0, 0.05) is 24.0 Å². The van der Waals surface area contributed by atoms with Crippen molar-refractivity contribution in [2.24, 2.45) is 0 Å². The number of amides is 1. The van der Waals surface area contributed by atoms with Crippen LogP contribution in [0.4, 0.5) is 30.4 Å². The van der Waals surface area contributed by atoms with Crippen molar-refractivity contribution in [3.63, 3.8) is 0 Å². The van der Waals surface area contributed by atoms with E-state index >= 15 is 0 Å². The van der Waals surface area contributed by atoms with Crippen LogP contribution in [0.2, 0.25) is 0 Å². The van der Waals surface area contributed by atoms with E-state index in [9.17, 15) is 23.1 Å². The Kier molecular flexibility index (Phi) is 5.29. The van der Waals surface area contributed by atoms with Crippen LogP contribution < -0.4 is 16.0 Å². The van der Waals surface area contributed by atoms with E-state index in [0.29, 0.717) is 11.3 Å². The van der Waals surface area contributed by atoms with Gasteiger partial charge in [0.25, 0.3) is 5.91 Å². The van der Waals surface area contributed by atoms with E-state index < -0.39 is 23.9 Å². The second-order valence-electron chi connectivity index (χ2n) is 7.64. The van der Waals surface area contributed by atoms with E-state index in [1.807, 2.05) is 6.92 Å². The Hall–Kier alpha value is -3.60. The van der Waals surface area contributed by atoms with Crippen LogP contribution in [0.25, 0.3) is 0 Å². The minimum absolute atomic E-state index is 0.0235. The van der Waals surface area contributed by atoms with E-state index in [1.165, 1.54) is 41.0 Å². The third-order valence-corrected chi connectivity index (χ3v) is 5.39. The summed E-state index contributed by atoms with van der Waals surface area (Å²) in [6, 6.07) is 6.57. The van der Waals surface area contributed by atoms with Crippen LogP contribution in [0.3, 0.4) is 0 Å². The number of nitrogens with two attached hydrogens (primary N) is 1. The number of pyridine rings is 1. The van der Waals surface area contributed by atoms with Crippen molar-refractivity contribution in [1.82, 2.24) is 14.8 Å². The minimum Gasteiger partial charge on any atom is -0.383 e. The van der Waals surface area contributed by atoms with Gasteiger partial charge in [0.05, 0.1) is 23.5 Å². The molecule has 4 N–H and O–H groups in total. The summed E-state index contributed by atoms with van der Waals surface area (Å²) in [5.41, 5.74) is 6.22. The highest BCUT2D eigenvalue weighted by Gasteiger charge is 2.36. The van der Waals surface area contributed by atoms with Crippen molar-refractivity contribution in [2.45, 2.75) is 32.3 Å². The molecule has 168 valence electrons. The Morgan fingerprint density at radius 2 is 2.06 bits per heavy atom. The summed E-state index contributed by atoms with van der Waals surface area (Å²) in [4.78, 5) is 18.6. The molecule has 2 atom stereocenters. The summed E-state index contributed by atoms with van der Waals surface area (Å²) in [5.74, 6) is -0.316. The van der Waals surface area contributed by atoms with Gasteiger partial charge in [0.2, 0.25) is 0 Å². The van der Waals surface area contributed by atoms with Gasteiger partial charge in [-0.25, -0.2) is 4.98 Å². The van der Waals surface area contributed by atoms with Gasteiger partial charge in [0.15, 0.2) is 6.23 Å². The van der Waals surface area contributed by atoms with Crippen molar-refractivity contribution in [2.75, 3.05) is 22.5 Å². The largest absolute Gasteiger partial charge is 0.416 e. The van der Waals surface area contributed by atoms with Crippen molar-refractivity contribution < 1.29 is 23.1 Å². The number of nitrogens with zero attached hydrogens (tertiary/aromatic N) is 4. The maximum absolute atomic E-state index is 13.3. The molecule has 1 unspecified atom stereocenters. The molecule has 1 aromatic carbocycles. The Balaban J connectivity index is 1.66. The normalized spacial score (nSPS) is 17.2. The van der Waals surface area contributed by atoms with Crippen molar-refractivity contribution in [3.8, 4) is 0 Å². The van der Waals surface area contributed by atoms with E-state index in [1.54, 1.807) is 12.1 Å². The number of nitrogens with one attached hydrogen (secondary N) is 1. The zero-order valence-electron chi connectivity index (χ0n) is 17.3. The Morgan fingerprint density at radius 1 is 1.31 bits per heavy atom. The Bertz CT molecular complexity index is 1180. The van der Waals surface area contributed by atoms with Gasteiger partial charge in [-0.1, -0.05) is 0 Å². The maximum atomic E-state index is 13.3. The van der Waals surface area contributed by atoms with E-state index in [0.717, 1.165) is 6.07 Å². The summed E-state index contributed by atoms with van der Waals surface area (Å²) >= 11 is 0. The number of hydrogen-bond donors (Lipinski definition) is 3. The van der Waals surface area contributed by atoms with Crippen molar-refractivity contribution in [1.29, 1.82) is 0 Å². The lowest BCUT2D eigenvalue weighted by atomic mass is 10.1. The topological polar surface area (TPSA) is 109 Å². The molecule has 2 aromatic heterocycles. The number of fused-ring (bicyclic) bond motifs is 1. The number of aliphatic hydroxyl groups excluding tert-OH is 1. The zero-order chi connectivity index (χ0) is 23.2. The number of halogens is 3. The first-order valence-corrected chi connectivity index (χ1v) is 9.80. The molecular formula is C21H21F3N6O2. The third kappa shape index (κ3) is 3.75. The minimum atomic E-state index is -4.47. The van der Waals surface area contributed by atoms with Gasteiger partial charge in [-0.05, 0) is 49.7 Å². The fourth-order valence-corrected chi connectivity index (χ4v) is 3.81. The number of aliphatic hydroxyl groups is 1. The van der Waals surface area contributed by atoms with E-state index in [2.05, 4.69) is 15.4 Å². The summed E-state index contributed by atoms with van der Waals surface area (Å²) in [7, 11) is 0. The van der Waals surface area contributed by atoms with Crippen LogP contribution in [0.5, 0.6) is 0 Å². The number of carbonyl (C=O) groups excluding carboxylic acids is 1. The molecule has 1 amide bonds. The second kappa shape index (κ2) is 7.83. The molecule has 0 spiro atoms. The molecule has 1 aliphatic rings. The van der Waals surface area contributed by atoms with E-state index in [-0.39, 0.29) is 35.3 Å². The number of rotatable bonds is 4. The first-order chi connectivity index (χ1) is 15.1. The van der Waals surface area contributed by atoms with Crippen LogP contribution in [-0.4, -0.2) is 32.3 Å². The molecule has 0 radical (unpaired) electrons. The van der Waals surface area contributed by atoms with Crippen molar-refractivity contribution >= 4 is 23.1 Å². The van der Waals surface area contributed by atoms with Gasteiger partial charge >= 0.3 is 6.18 Å². The van der Waals surface area contributed by atoms with Gasteiger partial charge < -0.3 is 21.1 Å². The molecule has 0 fully saturated rings. The molecule has 4 rings (SSSR count). The lowest BCUT2D eigenvalue weighted by molar-refractivity contribution is -0.138. The number of nitrogen functional groups attached to an aromatic ring is 1. The number of aryl methyl sites for hydroxylation is 1. The lowest BCUT2D eigenvalue weighted by Gasteiger charge is -2.33. The molecule has 0 aliphatic carbocycles. The molecule has 3 heterocycles. The number of benzene rings is 1. The highest BCUT2D eigenvalue weighted by atomic mass is 19.4. The molecule has 3 aromatic rings. The number of hydrogen-bond acceptors (Lipinski definition) is 6. The second-order valence-corrected chi connectivity index (χ2v) is 7.64. The molecule has 11 heteroatoms. The lowest BCUT2D eigenvalue weighted by Crippen LogP contribution is -2.43. The van der Waals surface area contributed by atoms with Crippen LogP contribution in [0.1, 0.15) is 46.4 Å². The molecule has 0 saturated heterocycles. The summed E-state index contributed by atoms with van der Waals surface area (Å²) in [5, 5.41) is 17.6. The predicted octanol–water partition coefficient (Wildman–Crippen LogP) is 3.51. The first-order valence-electron chi connectivity index (χ1n) is 9.80. The number of anilines is 3. The first kappa shape index (κ1) is 21.6. The highest BCUT2D eigenvalue weighted by molar-refractivity contribution is 6.09. The molecule has 8 nitrogen and oxygen atoms in total. The molecule has 1 aliphatic heterocycles. The average Bonchev–Trinajstić information content (AvgIpc) is 3.14. The summed E-state index contributed by atoms with van der Waals surface area (Å²) < 4.78 is 40.9. The van der Waals surface area contributed by atoms with Crippen LogP contribution >= 0.6 is 0 Å². The standard InChI is InChI=1S/C21H21F3N6O2/c1-11-8-13(5-6-15(11)21(22,23)24)29-10-12(2)30-17(20(29)32)16(9-27-30)28-19(31)14-4-3-7-26-18(14)25/h3-9,12,19,28,31H,10H2,1-2H3,(H2,25,26)/t12-,19?/m0/s1. The SMILES string of the molecule is Cc1cc(N2C[C@H](C)n3ncc(NC(O)c4cccnc4N)c3C2=O)ccc1C(F)(F)F. The van der Waals surface area contributed by atoms with Gasteiger partial charge in [-0.3, -0.25) is 9.48 Å². The van der Waals surface area contributed by atoms with Crippen LogP contribution in [-0.2, 0) is 6.18 Å².